The van der Waals surface area contributed by atoms with Gasteiger partial charge in [0.25, 0.3) is 0 Å². The quantitative estimate of drug-likeness (QED) is 0.0807. The smallest absolute Gasteiger partial charge is 0.0523 e. The molecule has 0 aliphatic heterocycles. The Morgan fingerprint density at radius 3 is 1.24 bits per heavy atom. The van der Waals surface area contributed by atoms with Gasteiger partial charge in [-0.15, -0.1) is 35.4 Å². The van der Waals surface area contributed by atoms with Gasteiger partial charge in [-0.2, -0.15) is 72.8 Å². The van der Waals surface area contributed by atoms with E-state index >= 15 is 0 Å². The van der Waals surface area contributed by atoms with Crippen LogP contribution in [-0.2, 0) is 0 Å². The van der Waals surface area contributed by atoms with Crippen LogP contribution in [0.25, 0.3) is 169 Å². The predicted octanol–water partition coefficient (Wildman–Crippen LogP) is 23.5. The molecule has 0 spiro atoms. The number of benzene rings is 17. The molecule has 17 aromatic carbocycles. The van der Waals surface area contributed by atoms with E-state index in [9.17, 15) is 0 Å². The molecule has 0 radical (unpaired) electrons. The van der Waals surface area contributed by atoms with Gasteiger partial charge in [0.2, 0.25) is 0 Å². The van der Waals surface area contributed by atoms with Gasteiger partial charge in [-0.05, 0) is 46.8 Å². The van der Waals surface area contributed by atoms with E-state index in [4.69, 9.17) is 0 Å². The van der Waals surface area contributed by atoms with E-state index < -0.39 is 18.4 Å². The Kier molecular flexibility index (Phi) is 18.1. The maximum atomic E-state index is 3.62. The van der Waals surface area contributed by atoms with E-state index in [1.54, 1.807) is 0 Å². The molecule has 0 N–H and O–H groups in total. The van der Waals surface area contributed by atoms with Gasteiger partial charge in [0, 0.05) is 10.8 Å². The summed E-state index contributed by atoms with van der Waals surface area (Å²) in [5, 5.41) is 9.93. The standard InChI is InChI=1S/C102H63IN3S.2U/c1-3-35-78(36-4-1)103(79-37-5-2-6-38-79,80-39-20-34-76(63-80)86-50-24-51-91-90-47-11-16-57-100(90)107-102(86)91)81-40-23-43-84(67-81)106-97-55-15-10-48-92(97)101-85(49-25-56-99(101)106)77-58-59-98-93(66-77)89-46-9-14-54-96(89)105(98)83-42-22-33-75(65-83)73-31-19-29-71(62-73)69-27-17-26-68(60-69)70-28-18-30-72(61-70)74-32-21-41-82(64-74)104-94-52-12-7-44-87(94)88-45-8-13-53-95(88)104;;/h1-29,34-67H;;/q-5;2*+2. The summed E-state index contributed by atoms with van der Waals surface area (Å²) < 4.78 is 15.4. The summed E-state index contributed by atoms with van der Waals surface area (Å²) in [5.41, 5.74) is 23.5. The second kappa shape index (κ2) is 28.6. The Balaban J connectivity index is 0.00000403. The average Bonchev–Trinajstić information content (AvgIpc) is 1.38. The van der Waals surface area contributed by atoms with Gasteiger partial charge >= 0.3 is 426 Å². The van der Waals surface area contributed by atoms with Crippen molar-refractivity contribution >= 4 is 96.9 Å². The van der Waals surface area contributed by atoms with Crippen LogP contribution < -0.4 is 18.4 Å². The van der Waals surface area contributed by atoms with E-state index in [1.807, 2.05) is 29.5 Å². The third-order valence-corrected chi connectivity index (χ3v) is 32.9. The van der Waals surface area contributed by atoms with Gasteiger partial charge in [-0.25, -0.2) is 22.3 Å². The summed E-state index contributed by atoms with van der Waals surface area (Å²) in [4.78, 5) is 0. The fourth-order valence-corrected chi connectivity index (χ4v) is 28.3. The van der Waals surface area contributed by atoms with Crippen molar-refractivity contribution in [2.75, 3.05) is 0 Å². The molecule has 3 nitrogen and oxygen atoms in total. The van der Waals surface area contributed by atoms with Crippen LogP contribution in [0, 0.1) is 101 Å². The maximum absolute atomic E-state index is 3.76. The first-order valence-corrected chi connectivity index (χ1v) is 41.4. The molecule has 0 saturated heterocycles. The van der Waals surface area contributed by atoms with Crippen molar-refractivity contribution in [3.8, 4) is 83.8 Å². The molecule has 0 aliphatic rings. The third kappa shape index (κ3) is 11.6. The Morgan fingerprint density at radius 2 is 0.624 bits per heavy atom. The van der Waals surface area contributed by atoms with Crippen LogP contribution in [-0.4, -0.2) is 13.7 Å². The fourth-order valence-electron chi connectivity index (χ4n) is 16.7. The number of aromatic nitrogens is 3. The van der Waals surface area contributed by atoms with Crippen LogP contribution >= 0.6 is 11.3 Å². The van der Waals surface area contributed by atoms with Crippen molar-refractivity contribution in [3.05, 3.63) is 421 Å². The summed E-state index contributed by atoms with van der Waals surface area (Å²) in [6.07, 6.45) is 0. The van der Waals surface area contributed by atoms with E-state index in [1.165, 1.54) is 106 Å². The molecular formula is C102H63IN3SU2-. The number of fused-ring (bicyclic) bond motifs is 12. The average molecular weight is 1970 g/mol. The van der Waals surface area contributed by atoms with E-state index in [2.05, 4.69) is 402 Å². The van der Waals surface area contributed by atoms with Gasteiger partial charge in [0.05, 0.1) is 11.0 Å². The summed E-state index contributed by atoms with van der Waals surface area (Å²) in [5.74, 6) is 0. The van der Waals surface area contributed by atoms with Gasteiger partial charge < -0.3 is 4.57 Å². The summed E-state index contributed by atoms with van der Waals surface area (Å²) >= 11 is -1.87. The first kappa shape index (κ1) is 68.7. The number of nitrogens with zero attached hydrogens (tertiary/aromatic N) is 3. The predicted molar refractivity (Wildman–Crippen MR) is 444 cm³/mol. The minimum atomic E-state index is -3.76. The van der Waals surface area contributed by atoms with Gasteiger partial charge in [0.15, 0.2) is 0 Å². The molecule has 0 fully saturated rings. The van der Waals surface area contributed by atoms with Crippen molar-refractivity contribution in [2.24, 2.45) is 0 Å². The maximum Gasteiger partial charge on any atom is 0.0523 e. The first-order chi connectivity index (χ1) is 53.1. The van der Waals surface area contributed by atoms with Gasteiger partial charge in [-0.3, -0.25) is 0 Å². The molecule has 109 heavy (non-hydrogen) atoms. The van der Waals surface area contributed by atoms with Crippen molar-refractivity contribution < 1.29 is 80.7 Å². The van der Waals surface area contributed by atoms with Crippen molar-refractivity contribution in [2.45, 2.75) is 0 Å². The molecule has 4 aromatic heterocycles. The second-order valence-electron chi connectivity index (χ2n) is 27.4. The summed E-state index contributed by atoms with van der Waals surface area (Å²) in [6, 6.07) is 156. The molecule has 7 heteroatoms. The van der Waals surface area contributed by atoms with Crippen molar-refractivity contribution in [3.63, 3.8) is 0 Å². The van der Waals surface area contributed by atoms with E-state index in [0.29, 0.717) is 0 Å². The van der Waals surface area contributed by atoms with Crippen LogP contribution in [0.4, 0.5) is 0 Å². The number of halogens is 1. The number of hydrogen-bond donors (Lipinski definition) is 0. The van der Waals surface area contributed by atoms with E-state index in [0.717, 1.165) is 78.1 Å². The molecule has 4 heterocycles. The molecule has 0 amide bonds. The minimum Gasteiger partial charge on any atom is -0.328 e. The van der Waals surface area contributed by atoms with E-state index in [-0.39, 0.29) is 62.2 Å². The Labute approximate surface area is 688 Å². The zero-order valence-electron chi connectivity index (χ0n) is 59.0. The minimum absolute atomic E-state index is 0. The van der Waals surface area contributed by atoms with Crippen LogP contribution in [0.2, 0.25) is 0 Å². The van der Waals surface area contributed by atoms with Gasteiger partial charge in [-0.1, -0.05) is 66.7 Å². The Morgan fingerprint density at radius 1 is 0.229 bits per heavy atom. The normalized spacial score (nSPS) is 11.9. The molecule has 0 aliphatic carbocycles. The number of thiophene rings is 1. The fraction of sp³-hybridized carbons (Fsp3) is 0. The van der Waals surface area contributed by atoms with Crippen molar-refractivity contribution in [1.82, 2.24) is 13.7 Å². The SMILES string of the molecule is [U+2].[U+2].[c-]1ccc(-c2cccc(-c3cc[c-]c(-c4[c-]ccc(-n5c6ccccc6c6cc(-c7cccc8c7c7ccccc7n8-c7cccc([I-](c8ccccc8)(c8ccccc8)c8cccc(-c9cccc%10c9sc9ccccc9%10)c8)c7)ccc65)c4)c3)c2)cc1-c1[c-]ccc(-n2c3ccccc3c3ccccc32)c1. The van der Waals surface area contributed by atoms with Crippen LogP contribution in [0.15, 0.2) is 382 Å². The van der Waals surface area contributed by atoms with Crippen molar-refractivity contribution in [1.29, 1.82) is 0 Å². The molecule has 0 bridgehead atoms. The van der Waals surface area contributed by atoms with Gasteiger partial charge in [0.1, 0.15) is 0 Å². The van der Waals surface area contributed by atoms with Crippen LogP contribution in [0.5, 0.6) is 0 Å². The molecule has 21 aromatic rings. The Bertz CT molecular complexity index is 7010. The first-order valence-electron chi connectivity index (χ1n) is 36.3. The molecular weight excluding hydrogens is 1900 g/mol. The zero-order valence-corrected chi connectivity index (χ0v) is 70.3. The van der Waals surface area contributed by atoms with Crippen LogP contribution in [0.1, 0.15) is 0 Å². The topological polar surface area (TPSA) is 14.8 Å². The third-order valence-electron chi connectivity index (χ3n) is 21.4. The zero-order chi connectivity index (χ0) is 70.5. The second-order valence-corrected chi connectivity index (χ2v) is 36.7. The number of hydrogen-bond acceptors (Lipinski definition) is 1. The molecule has 0 saturated carbocycles. The molecule has 508 valence electrons. The largest absolute Gasteiger partial charge is 0.328 e. The monoisotopic (exact) mass is 1960 g/mol. The number of rotatable bonds is 13. The summed E-state index contributed by atoms with van der Waals surface area (Å²) in [7, 11) is 0. The van der Waals surface area contributed by atoms with Crippen LogP contribution in [0.3, 0.4) is 0 Å². The molecule has 0 atom stereocenters. The number of para-hydroxylation sites is 4. The molecule has 21 rings (SSSR count). The summed E-state index contributed by atoms with van der Waals surface area (Å²) in [6.45, 7) is 0. The Hall–Kier alpha value is -10.8. The molecule has 0 unspecified atom stereocenters.